The highest BCUT2D eigenvalue weighted by Crippen LogP contribution is 2.07. The van der Waals surface area contributed by atoms with Gasteiger partial charge in [-0.2, -0.15) is 0 Å². The van der Waals surface area contributed by atoms with E-state index in [9.17, 15) is 0 Å². The summed E-state index contributed by atoms with van der Waals surface area (Å²) in [6.07, 6.45) is 1.05. The van der Waals surface area contributed by atoms with Gasteiger partial charge in [-0.3, -0.25) is 0 Å². The Morgan fingerprint density at radius 1 is 1.27 bits per heavy atom. The summed E-state index contributed by atoms with van der Waals surface area (Å²) < 4.78 is 5.26. The van der Waals surface area contributed by atoms with Crippen LogP contribution in [0, 0.1) is 0 Å². The fourth-order valence-electron chi connectivity index (χ4n) is 1.68. The largest absolute Gasteiger partial charge is 0.383 e. The molecule has 2 nitrogen and oxygen atoms in total. The van der Waals surface area contributed by atoms with Crippen molar-refractivity contribution in [1.82, 2.24) is 4.90 Å². The van der Waals surface area contributed by atoms with Gasteiger partial charge >= 0.3 is 0 Å². The van der Waals surface area contributed by atoms with E-state index in [1.807, 2.05) is 0 Å². The molecule has 0 saturated carbocycles. The highest BCUT2D eigenvalue weighted by atomic mass is 16.5. The molecule has 0 aliphatic carbocycles. The van der Waals surface area contributed by atoms with Gasteiger partial charge in [0.1, 0.15) is 0 Å². The standard InChI is InChI=1S/C13H21NO/c1-4-14(2)13(11-15-3)10-12-8-6-5-7-9-12/h5-9,13H,4,10-11H2,1-3H3/t13-/m0/s1. The zero-order valence-corrected chi connectivity index (χ0v) is 9.94. The Labute approximate surface area is 92.9 Å². The fourth-order valence-corrected chi connectivity index (χ4v) is 1.68. The maximum absolute atomic E-state index is 5.26. The van der Waals surface area contributed by atoms with Crippen molar-refractivity contribution in [1.29, 1.82) is 0 Å². The van der Waals surface area contributed by atoms with Crippen molar-refractivity contribution in [3.63, 3.8) is 0 Å². The Bertz CT molecular complexity index is 260. The average Bonchev–Trinajstić information content (AvgIpc) is 2.29. The van der Waals surface area contributed by atoms with Crippen LogP contribution < -0.4 is 0 Å². The van der Waals surface area contributed by atoms with E-state index in [0.29, 0.717) is 6.04 Å². The summed E-state index contributed by atoms with van der Waals surface area (Å²) in [7, 11) is 3.91. The number of hydrogen-bond acceptors (Lipinski definition) is 2. The van der Waals surface area contributed by atoms with Crippen LogP contribution in [-0.4, -0.2) is 38.3 Å². The van der Waals surface area contributed by atoms with Gasteiger partial charge in [-0.25, -0.2) is 0 Å². The monoisotopic (exact) mass is 207 g/mol. The van der Waals surface area contributed by atoms with Crippen LogP contribution in [0.4, 0.5) is 0 Å². The number of nitrogens with zero attached hydrogens (tertiary/aromatic N) is 1. The predicted octanol–water partition coefficient (Wildman–Crippen LogP) is 2.20. The first-order valence-corrected chi connectivity index (χ1v) is 5.51. The first-order valence-electron chi connectivity index (χ1n) is 5.51. The maximum Gasteiger partial charge on any atom is 0.0621 e. The van der Waals surface area contributed by atoms with Gasteiger partial charge in [0.2, 0.25) is 0 Å². The molecule has 15 heavy (non-hydrogen) atoms. The van der Waals surface area contributed by atoms with Crippen molar-refractivity contribution >= 4 is 0 Å². The van der Waals surface area contributed by atoms with Gasteiger partial charge in [-0.1, -0.05) is 37.3 Å². The minimum atomic E-state index is 0.474. The highest BCUT2D eigenvalue weighted by Gasteiger charge is 2.13. The molecule has 0 radical (unpaired) electrons. The molecule has 0 saturated heterocycles. The van der Waals surface area contributed by atoms with Crippen LogP contribution in [0.2, 0.25) is 0 Å². The number of likely N-dealkylation sites (N-methyl/N-ethyl adjacent to an activating group) is 1. The third-order valence-electron chi connectivity index (χ3n) is 2.80. The number of methoxy groups -OCH3 is 1. The molecule has 0 aliphatic heterocycles. The first kappa shape index (κ1) is 12.2. The van der Waals surface area contributed by atoms with Gasteiger partial charge < -0.3 is 9.64 Å². The SMILES string of the molecule is CCN(C)[C@H](COC)Cc1ccccc1. The number of benzene rings is 1. The molecule has 0 bridgehead atoms. The molecule has 2 heteroatoms. The fraction of sp³-hybridized carbons (Fsp3) is 0.538. The normalized spacial score (nSPS) is 13.1. The zero-order chi connectivity index (χ0) is 11.1. The molecule has 1 aromatic rings. The Morgan fingerprint density at radius 3 is 2.47 bits per heavy atom. The molecular weight excluding hydrogens is 186 g/mol. The van der Waals surface area contributed by atoms with Crippen LogP contribution >= 0.6 is 0 Å². The van der Waals surface area contributed by atoms with Crippen LogP contribution in [0.15, 0.2) is 30.3 Å². The van der Waals surface area contributed by atoms with E-state index >= 15 is 0 Å². The van der Waals surface area contributed by atoms with E-state index in [0.717, 1.165) is 19.6 Å². The number of rotatable bonds is 6. The van der Waals surface area contributed by atoms with Gasteiger partial charge in [0.15, 0.2) is 0 Å². The van der Waals surface area contributed by atoms with Crippen LogP contribution in [0.3, 0.4) is 0 Å². The van der Waals surface area contributed by atoms with Crippen molar-refractivity contribution in [2.75, 3.05) is 27.3 Å². The van der Waals surface area contributed by atoms with E-state index in [-0.39, 0.29) is 0 Å². The number of ether oxygens (including phenoxy) is 1. The van der Waals surface area contributed by atoms with E-state index in [1.54, 1.807) is 7.11 Å². The summed E-state index contributed by atoms with van der Waals surface area (Å²) >= 11 is 0. The molecule has 1 rings (SSSR count). The van der Waals surface area contributed by atoms with Gasteiger partial charge in [0, 0.05) is 13.2 Å². The molecule has 0 spiro atoms. The highest BCUT2D eigenvalue weighted by molar-refractivity contribution is 5.15. The molecule has 0 N–H and O–H groups in total. The predicted molar refractivity (Wildman–Crippen MR) is 64.1 cm³/mol. The topological polar surface area (TPSA) is 12.5 Å². The van der Waals surface area contributed by atoms with Crippen molar-refractivity contribution < 1.29 is 4.74 Å². The third kappa shape index (κ3) is 4.02. The minimum absolute atomic E-state index is 0.474. The average molecular weight is 207 g/mol. The van der Waals surface area contributed by atoms with Crippen LogP contribution in [0.1, 0.15) is 12.5 Å². The smallest absolute Gasteiger partial charge is 0.0621 e. The van der Waals surface area contributed by atoms with Gasteiger partial charge in [0.25, 0.3) is 0 Å². The van der Waals surface area contributed by atoms with Crippen molar-refractivity contribution in [2.45, 2.75) is 19.4 Å². The Balaban J connectivity index is 2.58. The van der Waals surface area contributed by atoms with Gasteiger partial charge in [0.05, 0.1) is 6.61 Å². The van der Waals surface area contributed by atoms with Crippen molar-refractivity contribution in [2.24, 2.45) is 0 Å². The molecule has 1 aromatic carbocycles. The Hall–Kier alpha value is -0.860. The molecule has 0 amide bonds. The van der Waals surface area contributed by atoms with E-state index in [1.165, 1.54) is 5.56 Å². The second-order valence-corrected chi connectivity index (χ2v) is 3.87. The third-order valence-corrected chi connectivity index (χ3v) is 2.80. The van der Waals surface area contributed by atoms with E-state index < -0.39 is 0 Å². The second kappa shape index (κ2) is 6.59. The minimum Gasteiger partial charge on any atom is -0.383 e. The summed E-state index contributed by atoms with van der Waals surface area (Å²) in [5.41, 5.74) is 1.37. The van der Waals surface area contributed by atoms with Crippen molar-refractivity contribution in [3.8, 4) is 0 Å². The first-order chi connectivity index (χ1) is 7.27. The molecular formula is C13H21NO. The van der Waals surface area contributed by atoms with Gasteiger partial charge in [-0.05, 0) is 25.6 Å². The number of hydrogen-bond donors (Lipinski definition) is 0. The molecule has 0 heterocycles. The van der Waals surface area contributed by atoms with Crippen LogP contribution in [0.25, 0.3) is 0 Å². The lowest BCUT2D eigenvalue weighted by Gasteiger charge is -2.26. The van der Waals surface area contributed by atoms with Crippen LogP contribution in [-0.2, 0) is 11.2 Å². The Kier molecular flexibility index (Phi) is 5.37. The molecule has 0 aliphatic rings. The molecule has 84 valence electrons. The quantitative estimate of drug-likeness (QED) is 0.709. The maximum atomic E-state index is 5.26. The van der Waals surface area contributed by atoms with E-state index in [4.69, 9.17) is 4.74 Å². The lowest BCUT2D eigenvalue weighted by Crippen LogP contribution is -2.36. The second-order valence-electron chi connectivity index (χ2n) is 3.87. The van der Waals surface area contributed by atoms with Crippen LogP contribution in [0.5, 0.6) is 0 Å². The Morgan fingerprint density at radius 2 is 1.93 bits per heavy atom. The lowest BCUT2D eigenvalue weighted by molar-refractivity contribution is 0.109. The molecule has 1 atom stereocenters. The van der Waals surface area contributed by atoms with E-state index in [2.05, 4.69) is 49.2 Å². The van der Waals surface area contributed by atoms with Crippen molar-refractivity contribution in [3.05, 3.63) is 35.9 Å². The summed E-state index contributed by atoms with van der Waals surface area (Å²) in [6.45, 7) is 4.02. The molecule has 0 unspecified atom stereocenters. The van der Waals surface area contributed by atoms with Gasteiger partial charge in [-0.15, -0.1) is 0 Å². The summed E-state index contributed by atoms with van der Waals surface area (Å²) in [5.74, 6) is 0. The molecule has 0 aromatic heterocycles. The zero-order valence-electron chi connectivity index (χ0n) is 9.94. The summed E-state index contributed by atoms with van der Waals surface area (Å²) in [4.78, 5) is 2.33. The summed E-state index contributed by atoms with van der Waals surface area (Å²) in [6, 6.07) is 11.1. The summed E-state index contributed by atoms with van der Waals surface area (Å²) in [5, 5.41) is 0. The lowest BCUT2D eigenvalue weighted by atomic mass is 10.1. The molecule has 0 fully saturated rings.